The highest BCUT2D eigenvalue weighted by molar-refractivity contribution is 5.96. The van der Waals surface area contributed by atoms with Crippen LogP contribution in [0.1, 0.15) is 23.7 Å². The Bertz CT molecular complexity index is 786. The van der Waals surface area contributed by atoms with Gasteiger partial charge in [-0.15, -0.1) is 12.4 Å². The maximum atomic E-state index is 12.9. The zero-order chi connectivity index (χ0) is 18.5. The van der Waals surface area contributed by atoms with Crippen LogP contribution < -0.4 is 15.4 Å². The van der Waals surface area contributed by atoms with Gasteiger partial charge in [0.2, 0.25) is 0 Å². The lowest BCUT2D eigenvalue weighted by Gasteiger charge is -2.23. The molecule has 0 fully saturated rings. The van der Waals surface area contributed by atoms with Crippen molar-refractivity contribution in [2.45, 2.75) is 18.9 Å². The van der Waals surface area contributed by atoms with Gasteiger partial charge in [0.05, 0.1) is 11.8 Å². The summed E-state index contributed by atoms with van der Waals surface area (Å²) >= 11 is 0. The number of aliphatic hydroxyl groups is 1. The predicted molar refractivity (Wildman–Crippen MR) is 102 cm³/mol. The quantitative estimate of drug-likeness (QED) is 0.540. The molecule has 3 rings (SSSR count). The Balaban J connectivity index is 0.00000261. The van der Waals surface area contributed by atoms with E-state index in [9.17, 15) is 19.4 Å². The SMILES string of the molecule is Cl.O=C1COc2c(cc(O)cc2C(O)CNCCCc2ccc(F)cc2)N1. The number of hydrogen-bond donors (Lipinski definition) is 4. The van der Waals surface area contributed by atoms with Crippen LogP contribution in [0, 0.1) is 5.82 Å². The summed E-state index contributed by atoms with van der Waals surface area (Å²) in [5, 5.41) is 26.0. The lowest BCUT2D eigenvalue weighted by Crippen LogP contribution is -2.28. The molecule has 1 aliphatic heterocycles. The zero-order valence-electron chi connectivity index (χ0n) is 14.6. The highest BCUT2D eigenvalue weighted by Gasteiger charge is 2.24. The lowest BCUT2D eigenvalue weighted by molar-refractivity contribution is -0.118. The van der Waals surface area contributed by atoms with Crippen molar-refractivity contribution in [2.75, 3.05) is 25.0 Å². The van der Waals surface area contributed by atoms with Crippen molar-refractivity contribution in [3.8, 4) is 11.5 Å². The molecule has 2 aromatic rings. The van der Waals surface area contributed by atoms with Crippen molar-refractivity contribution in [3.05, 3.63) is 53.3 Å². The van der Waals surface area contributed by atoms with Gasteiger partial charge in [0.15, 0.2) is 6.61 Å². The molecule has 0 radical (unpaired) electrons. The fourth-order valence-electron chi connectivity index (χ4n) is 2.88. The summed E-state index contributed by atoms with van der Waals surface area (Å²) in [4.78, 5) is 11.4. The topological polar surface area (TPSA) is 90.8 Å². The van der Waals surface area contributed by atoms with E-state index < -0.39 is 6.10 Å². The first kappa shape index (κ1) is 21.0. The lowest BCUT2D eigenvalue weighted by atomic mass is 10.0. The molecule has 6 nitrogen and oxygen atoms in total. The number of halogens is 2. The smallest absolute Gasteiger partial charge is 0.262 e. The average molecular weight is 397 g/mol. The van der Waals surface area contributed by atoms with Crippen LogP contribution in [0.3, 0.4) is 0 Å². The first-order chi connectivity index (χ1) is 12.5. The van der Waals surface area contributed by atoms with E-state index in [1.54, 1.807) is 12.1 Å². The molecule has 8 heteroatoms. The van der Waals surface area contributed by atoms with Gasteiger partial charge in [-0.05, 0) is 43.1 Å². The second kappa shape index (κ2) is 9.55. The number of ether oxygens (including phenoxy) is 1. The number of fused-ring (bicyclic) bond motifs is 1. The van der Waals surface area contributed by atoms with Crippen LogP contribution >= 0.6 is 12.4 Å². The highest BCUT2D eigenvalue weighted by atomic mass is 35.5. The summed E-state index contributed by atoms with van der Waals surface area (Å²) in [6, 6.07) is 9.22. The maximum absolute atomic E-state index is 12.9. The van der Waals surface area contributed by atoms with E-state index in [2.05, 4.69) is 10.6 Å². The Morgan fingerprint density at radius 2 is 2.00 bits per heavy atom. The van der Waals surface area contributed by atoms with Crippen LogP contribution in [0.4, 0.5) is 10.1 Å². The van der Waals surface area contributed by atoms with Gasteiger partial charge in [-0.3, -0.25) is 4.79 Å². The molecular weight excluding hydrogens is 375 g/mol. The van der Waals surface area contributed by atoms with Crippen molar-refractivity contribution >= 4 is 24.0 Å². The van der Waals surface area contributed by atoms with Gasteiger partial charge >= 0.3 is 0 Å². The molecule has 1 heterocycles. The van der Waals surface area contributed by atoms with Crippen LogP contribution in [0.15, 0.2) is 36.4 Å². The third-order valence-corrected chi connectivity index (χ3v) is 4.15. The molecule has 0 saturated carbocycles. The number of phenols is 1. The number of amides is 1. The number of aliphatic hydroxyl groups excluding tert-OH is 1. The summed E-state index contributed by atoms with van der Waals surface area (Å²) in [6.07, 6.45) is 0.750. The van der Waals surface area contributed by atoms with Crippen LogP contribution in [0.5, 0.6) is 11.5 Å². The molecule has 146 valence electrons. The number of carbonyl (C=O) groups excluding carboxylic acids is 1. The monoisotopic (exact) mass is 396 g/mol. The van der Waals surface area contributed by atoms with Crippen molar-refractivity contribution in [1.29, 1.82) is 0 Å². The average Bonchev–Trinajstić information content (AvgIpc) is 2.61. The van der Waals surface area contributed by atoms with E-state index >= 15 is 0 Å². The number of hydrogen-bond acceptors (Lipinski definition) is 5. The van der Waals surface area contributed by atoms with E-state index in [1.165, 1.54) is 24.3 Å². The third-order valence-electron chi connectivity index (χ3n) is 4.15. The van der Waals surface area contributed by atoms with Crippen LogP contribution in [0.25, 0.3) is 0 Å². The van der Waals surface area contributed by atoms with Crippen molar-refractivity contribution < 1.29 is 24.1 Å². The van der Waals surface area contributed by atoms with E-state index in [0.29, 0.717) is 23.5 Å². The first-order valence-electron chi connectivity index (χ1n) is 8.45. The van der Waals surface area contributed by atoms with E-state index in [-0.39, 0.29) is 43.0 Å². The third kappa shape index (κ3) is 5.56. The summed E-state index contributed by atoms with van der Waals surface area (Å²) in [5.74, 6) is -0.228. The molecule has 2 aromatic carbocycles. The number of nitrogens with one attached hydrogen (secondary N) is 2. The predicted octanol–water partition coefficient (Wildman–Crippen LogP) is 2.54. The number of rotatable bonds is 7. The molecular formula is C19H22ClFN2O4. The standard InChI is InChI=1S/C19H21FN2O4.ClH/c20-13-5-3-12(4-6-13)2-1-7-21-10-17(24)15-8-14(23)9-16-19(15)26-11-18(25)22-16;/h3-6,8-9,17,21,23-24H,1-2,7,10-11H2,(H,22,25);1H. The summed E-state index contributed by atoms with van der Waals surface area (Å²) in [7, 11) is 0. The molecule has 0 aliphatic carbocycles. The van der Waals surface area contributed by atoms with Crippen LogP contribution in [-0.2, 0) is 11.2 Å². The van der Waals surface area contributed by atoms with Crippen LogP contribution in [-0.4, -0.2) is 35.8 Å². The Labute approximate surface area is 162 Å². The van der Waals surface area contributed by atoms with Gasteiger partial charge in [-0.2, -0.15) is 0 Å². The van der Waals surface area contributed by atoms with Crippen molar-refractivity contribution in [2.24, 2.45) is 0 Å². The summed E-state index contributed by atoms with van der Waals surface area (Å²) < 4.78 is 18.3. The second-order valence-corrected chi connectivity index (χ2v) is 6.20. The van der Waals surface area contributed by atoms with Gasteiger partial charge in [0.1, 0.15) is 17.3 Å². The Kier molecular flexibility index (Phi) is 7.41. The van der Waals surface area contributed by atoms with Gasteiger partial charge in [-0.1, -0.05) is 12.1 Å². The second-order valence-electron chi connectivity index (χ2n) is 6.20. The summed E-state index contributed by atoms with van der Waals surface area (Å²) in [5.41, 5.74) is 1.83. The van der Waals surface area contributed by atoms with Gasteiger partial charge in [0.25, 0.3) is 5.91 Å². The zero-order valence-corrected chi connectivity index (χ0v) is 15.4. The van der Waals surface area contributed by atoms with Gasteiger partial charge in [0, 0.05) is 18.2 Å². The number of aromatic hydroxyl groups is 1. The number of phenolic OH excluding ortho intramolecular Hbond substituents is 1. The van der Waals surface area contributed by atoms with E-state index in [4.69, 9.17) is 4.74 Å². The number of carbonyl (C=O) groups is 1. The normalized spacial score (nSPS) is 13.8. The fraction of sp³-hybridized carbons (Fsp3) is 0.316. The first-order valence-corrected chi connectivity index (χ1v) is 8.45. The Morgan fingerprint density at radius 1 is 1.26 bits per heavy atom. The largest absolute Gasteiger partial charge is 0.508 e. The van der Waals surface area contributed by atoms with Gasteiger partial charge in [-0.25, -0.2) is 4.39 Å². The molecule has 0 bridgehead atoms. The molecule has 1 aliphatic rings. The minimum Gasteiger partial charge on any atom is -0.508 e. The Hall–Kier alpha value is -2.35. The molecule has 1 atom stereocenters. The van der Waals surface area contributed by atoms with Crippen molar-refractivity contribution in [1.82, 2.24) is 5.32 Å². The Morgan fingerprint density at radius 3 is 2.74 bits per heavy atom. The molecule has 1 unspecified atom stereocenters. The van der Waals surface area contributed by atoms with E-state index in [0.717, 1.165) is 18.4 Å². The number of anilines is 1. The molecule has 0 aromatic heterocycles. The molecule has 27 heavy (non-hydrogen) atoms. The molecule has 0 saturated heterocycles. The van der Waals surface area contributed by atoms with Gasteiger partial charge < -0.3 is 25.6 Å². The number of aryl methyl sites for hydroxylation is 1. The fourth-order valence-corrected chi connectivity index (χ4v) is 2.88. The highest BCUT2D eigenvalue weighted by Crippen LogP contribution is 2.38. The van der Waals surface area contributed by atoms with Crippen molar-refractivity contribution in [3.63, 3.8) is 0 Å². The molecule has 4 N–H and O–H groups in total. The molecule has 0 spiro atoms. The number of benzene rings is 2. The maximum Gasteiger partial charge on any atom is 0.262 e. The van der Waals surface area contributed by atoms with Crippen LogP contribution in [0.2, 0.25) is 0 Å². The van der Waals surface area contributed by atoms with E-state index in [1.807, 2.05) is 0 Å². The molecule has 1 amide bonds. The summed E-state index contributed by atoms with van der Waals surface area (Å²) in [6.45, 7) is 0.826. The minimum absolute atomic E-state index is 0. The minimum atomic E-state index is -0.892.